The first-order chi connectivity index (χ1) is 11.1. The summed E-state index contributed by atoms with van der Waals surface area (Å²) in [4.78, 5) is 24.0. The van der Waals surface area contributed by atoms with E-state index in [-0.39, 0.29) is 0 Å². The summed E-state index contributed by atoms with van der Waals surface area (Å²) in [5.41, 5.74) is 0. The molecule has 5 heteroatoms. The molecule has 0 aromatic heterocycles. The molecule has 0 aliphatic heterocycles. The number of carbonyl (C=O) groups is 1. The van der Waals surface area contributed by atoms with Crippen molar-refractivity contribution in [2.45, 2.75) is 91.1 Å². The highest BCUT2D eigenvalue weighted by molar-refractivity contribution is 5.73. The van der Waals surface area contributed by atoms with Gasteiger partial charge in [-0.05, 0) is 26.3 Å². The van der Waals surface area contributed by atoms with Gasteiger partial charge >= 0.3 is 5.97 Å². The quantitative estimate of drug-likeness (QED) is 0.174. The van der Waals surface area contributed by atoms with Crippen molar-refractivity contribution in [3.8, 4) is 0 Å². The zero-order valence-corrected chi connectivity index (χ0v) is 15.0. The van der Waals surface area contributed by atoms with Gasteiger partial charge in [0.1, 0.15) is 5.94 Å². The van der Waals surface area contributed by atoms with E-state index in [1.165, 1.54) is 64.4 Å². The Morgan fingerprint density at radius 3 is 1.87 bits per heavy atom. The van der Waals surface area contributed by atoms with Crippen molar-refractivity contribution in [3.05, 3.63) is 6.08 Å². The van der Waals surface area contributed by atoms with E-state index in [4.69, 9.17) is 14.8 Å². The van der Waals surface area contributed by atoms with Crippen LogP contribution in [0.3, 0.4) is 0 Å². The Hall–Kier alpha value is -1.16. The number of unbranched alkanes of at least 4 members (excludes halogenated alkanes) is 9. The zero-order valence-electron chi connectivity index (χ0n) is 15.0. The Morgan fingerprint density at radius 2 is 1.48 bits per heavy atom. The average molecular weight is 330 g/mol. The molecule has 1 N–H and O–H groups in total. The minimum absolute atomic E-state index is 0.420. The second-order valence-electron chi connectivity index (χ2n) is 5.50. The maximum atomic E-state index is 11.1. The molecule has 0 radical (unpaired) electrons. The Labute approximate surface area is 141 Å². The van der Waals surface area contributed by atoms with Gasteiger partial charge in [-0.2, -0.15) is 0 Å². The summed E-state index contributed by atoms with van der Waals surface area (Å²) < 4.78 is 4.94. The Kier molecular flexibility index (Phi) is 21.8. The lowest BCUT2D eigenvalue weighted by Gasteiger charge is -2.08. The molecule has 0 heterocycles. The minimum atomic E-state index is -0.886. The Bertz CT molecular complexity index is 298. The SMILES string of the molecule is CC=C=O.CCCCCCCCCCCCOC(=O)C(C)OO. The molecule has 0 saturated heterocycles. The first-order valence-electron chi connectivity index (χ1n) is 8.76. The maximum Gasteiger partial charge on any atom is 0.338 e. The predicted molar refractivity (Wildman–Crippen MR) is 91.9 cm³/mol. The van der Waals surface area contributed by atoms with Crippen LogP contribution in [0.5, 0.6) is 0 Å². The topological polar surface area (TPSA) is 72.8 Å². The molecule has 0 saturated carbocycles. The Balaban J connectivity index is 0. The van der Waals surface area contributed by atoms with Crippen LogP contribution in [0.2, 0.25) is 0 Å². The molecule has 0 aliphatic rings. The van der Waals surface area contributed by atoms with Crippen LogP contribution < -0.4 is 0 Å². The van der Waals surface area contributed by atoms with Gasteiger partial charge < -0.3 is 4.74 Å². The van der Waals surface area contributed by atoms with Crippen molar-refractivity contribution in [2.75, 3.05) is 6.61 Å². The van der Waals surface area contributed by atoms with Crippen molar-refractivity contribution < 1.29 is 24.5 Å². The highest BCUT2D eigenvalue weighted by Crippen LogP contribution is 2.10. The molecule has 0 fully saturated rings. The molecule has 23 heavy (non-hydrogen) atoms. The fourth-order valence-electron chi connectivity index (χ4n) is 1.92. The number of hydrogen-bond donors (Lipinski definition) is 1. The van der Waals surface area contributed by atoms with Crippen LogP contribution >= 0.6 is 0 Å². The van der Waals surface area contributed by atoms with Crippen molar-refractivity contribution in [1.82, 2.24) is 0 Å². The Morgan fingerprint density at radius 1 is 1.04 bits per heavy atom. The van der Waals surface area contributed by atoms with Gasteiger partial charge in [0.2, 0.25) is 0 Å². The van der Waals surface area contributed by atoms with Crippen LogP contribution in [0, 0.1) is 0 Å². The van der Waals surface area contributed by atoms with Gasteiger partial charge in [-0.1, -0.05) is 64.7 Å². The molecule has 0 rings (SSSR count). The van der Waals surface area contributed by atoms with E-state index in [1.54, 1.807) is 12.9 Å². The predicted octanol–water partition coefficient (Wildman–Crippen LogP) is 4.72. The second kappa shape index (κ2) is 20.8. The molecule has 0 aromatic carbocycles. The fourth-order valence-corrected chi connectivity index (χ4v) is 1.92. The zero-order chi connectivity index (χ0) is 17.8. The van der Waals surface area contributed by atoms with Gasteiger partial charge in [-0.3, -0.25) is 5.26 Å². The molecular formula is C18H34O5. The fraction of sp³-hybridized carbons (Fsp3) is 0.833. The smallest absolute Gasteiger partial charge is 0.338 e. The monoisotopic (exact) mass is 330 g/mol. The van der Waals surface area contributed by atoms with Gasteiger partial charge in [0.05, 0.1) is 6.61 Å². The number of carbonyl (C=O) groups excluding carboxylic acids is 2. The van der Waals surface area contributed by atoms with E-state index in [2.05, 4.69) is 11.8 Å². The number of esters is 1. The molecule has 1 atom stereocenters. The molecule has 1 unspecified atom stereocenters. The molecule has 0 aliphatic carbocycles. The van der Waals surface area contributed by atoms with E-state index in [0.29, 0.717) is 6.61 Å². The first kappa shape index (κ1) is 24.1. The largest absolute Gasteiger partial charge is 0.464 e. The third kappa shape index (κ3) is 20.8. The molecule has 0 bridgehead atoms. The summed E-state index contributed by atoms with van der Waals surface area (Å²) in [5, 5.41) is 8.28. The number of rotatable bonds is 13. The van der Waals surface area contributed by atoms with Crippen LogP contribution in [-0.2, 0) is 19.2 Å². The summed E-state index contributed by atoms with van der Waals surface area (Å²) in [5.74, 6) is 1.05. The lowest BCUT2D eigenvalue weighted by molar-refractivity contribution is -0.273. The average Bonchev–Trinajstić information content (AvgIpc) is 2.58. The van der Waals surface area contributed by atoms with E-state index in [1.807, 2.05) is 0 Å². The maximum absolute atomic E-state index is 11.1. The van der Waals surface area contributed by atoms with Crippen molar-refractivity contribution in [3.63, 3.8) is 0 Å². The third-order valence-corrected chi connectivity index (χ3v) is 3.35. The van der Waals surface area contributed by atoms with Gasteiger partial charge in [-0.25, -0.2) is 14.5 Å². The summed E-state index contributed by atoms with van der Waals surface area (Å²) in [7, 11) is 0. The van der Waals surface area contributed by atoms with Gasteiger partial charge in [0.15, 0.2) is 6.10 Å². The van der Waals surface area contributed by atoms with Crippen molar-refractivity contribution in [2.24, 2.45) is 0 Å². The van der Waals surface area contributed by atoms with Crippen molar-refractivity contribution in [1.29, 1.82) is 0 Å². The van der Waals surface area contributed by atoms with Crippen LogP contribution in [0.15, 0.2) is 6.08 Å². The number of hydrogen-bond acceptors (Lipinski definition) is 5. The number of ether oxygens (including phenoxy) is 1. The standard InChI is InChI=1S/C15H30O4.C3H4O/c1-3-4-5-6-7-8-9-10-11-12-13-18-15(16)14(2)19-17;1-2-3-4/h14,17H,3-13H2,1-2H3;2H,1H3. The van der Waals surface area contributed by atoms with Crippen LogP contribution in [0.1, 0.15) is 85.0 Å². The highest BCUT2D eigenvalue weighted by Gasteiger charge is 2.13. The third-order valence-electron chi connectivity index (χ3n) is 3.35. The first-order valence-corrected chi connectivity index (χ1v) is 8.76. The van der Waals surface area contributed by atoms with E-state index >= 15 is 0 Å². The lowest BCUT2D eigenvalue weighted by atomic mass is 10.1. The van der Waals surface area contributed by atoms with Gasteiger partial charge in [-0.15, -0.1) is 0 Å². The number of allylic oxidation sites excluding steroid dienone is 1. The van der Waals surface area contributed by atoms with Gasteiger partial charge in [0, 0.05) is 0 Å². The summed E-state index contributed by atoms with van der Waals surface area (Å²) in [6.07, 6.45) is 13.0. The highest BCUT2D eigenvalue weighted by atomic mass is 17.1. The summed E-state index contributed by atoms with van der Waals surface area (Å²) in [6.45, 7) is 5.75. The molecular weight excluding hydrogens is 296 g/mol. The summed E-state index contributed by atoms with van der Waals surface area (Å²) >= 11 is 0. The normalized spacial score (nSPS) is 11.0. The molecule has 0 aromatic rings. The summed E-state index contributed by atoms with van der Waals surface area (Å²) in [6, 6.07) is 0. The lowest BCUT2D eigenvalue weighted by Crippen LogP contribution is -2.22. The van der Waals surface area contributed by atoms with Crippen LogP contribution in [-0.4, -0.2) is 29.9 Å². The van der Waals surface area contributed by atoms with Crippen LogP contribution in [0.25, 0.3) is 0 Å². The molecule has 0 spiro atoms. The van der Waals surface area contributed by atoms with Crippen LogP contribution in [0.4, 0.5) is 0 Å². The van der Waals surface area contributed by atoms with E-state index in [9.17, 15) is 4.79 Å². The van der Waals surface area contributed by atoms with E-state index in [0.717, 1.165) is 12.8 Å². The van der Waals surface area contributed by atoms with E-state index < -0.39 is 12.1 Å². The van der Waals surface area contributed by atoms with Crippen molar-refractivity contribution >= 4 is 11.9 Å². The molecule has 0 amide bonds. The minimum Gasteiger partial charge on any atom is -0.464 e. The molecule has 136 valence electrons. The van der Waals surface area contributed by atoms with Gasteiger partial charge in [0.25, 0.3) is 0 Å². The molecule has 5 nitrogen and oxygen atoms in total. The second-order valence-corrected chi connectivity index (χ2v) is 5.50.